The van der Waals surface area contributed by atoms with Crippen LogP contribution < -0.4 is 0 Å². The van der Waals surface area contributed by atoms with Crippen molar-refractivity contribution in [2.24, 2.45) is 11.8 Å². The Kier molecular flexibility index (Phi) is 11.7. The molecule has 4 aromatic carbocycles. The quantitative estimate of drug-likeness (QED) is 0.124. The average Bonchev–Trinajstić information content (AvgIpc) is 2.94. The summed E-state index contributed by atoms with van der Waals surface area (Å²) in [6, 6.07) is 41.6. The molecular formula is C38H46O3P+. The van der Waals surface area contributed by atoms with Crippen LogP contribution in [0.4, 0.5) is 0 Å². The lowest BCUT2D eigenvalue weighted by Crippen LogP contribution is -2.40. The van der Waals surface area contributed by atoms with E-state index in [0.717, 1.165) is 12.8 Å². The van der Waals surface area contributed by atoms with Crippen LogP contribution in [-0.4, -0.2) is 11.2 Å². The first-order chi connectivity index (χ1) is 20.2. The average molecular weight is 582 g/mol. The third-order valence-corrected chi connectivity index (χ3v) is 8.65. The number of benzene rings is 4. The van der Waals surface area contributed by atoms with Gasteiger partial charge in [-0.3, -0.25) is 0 Å². The van der Waals surface area contributed by atoms with Gasteiger partial charge in [0, 0.05) is 30.2 Å². The number of hydrogen-bond acceptors (Lipinski definition) is 3. The molecular weight excluding hydrogens is 535 g/mol. The zero-order valence-electron chi connectivity index (χ0n) is 25.6. The van der Waals surface area contributed by atoms with Crippen LogP contribution in [-0.2, 0) is 39.3 Å². The molecule has 4 heteroatoms. The van der Waals surface area contributed by atoms with Gasteiger partial charge in [-0.25, -0.2) is 0 Å². The molecule has 4 rings (SSSR count). The molecule has 0 saturated carbocycles. The van der Waals surface area contributed by atoms with E-state index in [1.165, 1.54) is 22.3 Å². The van der Waals surface area contributed by atoms with E-state index in [1.807, 2.05) is 24.3 Å². The molecule has 42 heavy (non-hydrogen) atoms. The van der Waals surface area contributed by atoms with Gasteiger partial charge >= 0.3 is 8.25 Å². The van der Waals surface area contributed by atoms with E-state index in [4.69, 9.17) is 9.05 Å². The molecule has 0 spiro atoms. The fraction of sp³-hybridized carbons (Fsp3) is 0.368. The molecule has 0 saturated heterocycles. The molecule has 0 aromatic heterocycles. The molecule has 220 valence electrons. The lowest BCUT2D eigenvalue weighted by Gasteiger charge is -2.33. The van der Waals surface area contributed by atoms with Crippen molar-refractivity contribution >= 4 is 8.25 Å². The van der Waals surface area contributed by atoms with Crippen molar-refractivity contribution in [3.63, 3.8) is 0 Å². The molecule has 0 N–H and O–H groups in total. The van der Waals surface area contributed by atoms with Crippen LogP contribution in [0.2, 0.25) is 0 Å². The van der Waals surface area contributed by atoms with Crippen molar-refractivity contribution in [1.82, 2.24) is 0 Å². The summed E-state index contributed by atoms with van der Waals surface area (Å²) in [5, 5.41) is 0. The molecule has 4 aromatic rings. The van der Waals surface area contributed by atoms with E-state index in [9.17, 15) is 4.57 Å². The first kappa shape index (κ1) is 31.8. The molecule has 0 aliphatic rings. The summed E-state index contributed by atoms with van der Waals surface area (Å²) in [7, 11) is -2.45. The molecule has 0 atom stereocenters. The molecule has 0 radical (unpaired) electrons. The minimum atomic E-state index is -2.45. The Hall–Kier alpha value is -3.10. The Bertz CT molecular complexity index is 1150. The largest absolute Gasteiger partial charge is 0.698 e. The van der Waals surface area contributed by atoms with Gasteiger partial charge in [0.25, 0.3) is 0 Å². The molecule has 0 amide bonds. The maximum absolute atomic E-state index is 14.3. The van der Waals surface area contributed by atoms with Crippen LogP contribution in [0.3, 0.4) is 0 Å². The zero-order chi connectivity index (χ0) is 29.8. The van der Waals surface area contributed by atoms with Crippen molar-refractivity contribution in [1.29, 1.82) is 0 Å². The molecule has 0 heterocycles. The van der Waals surface area contributed by atoms with Crippen LogP contribution >= 0.6 is 8.25 Å². The van der Waals surface area contributed by atoms with E-state index in [1.54, 1.807) is 0 Å². The summed E-state index contributed by atoms with van der Waals surface area (Å²) in [5.74, 6) is 0.685. The SMILES string of the molecule is CC(C)CC(Cc1ccccc1)(Cc1ccccc1)O[P+](=O)OC(Cc1ccccc1)(Cc1ccccc1)CC(C)C. The van der Waals surface area contributed by atoms with Crippen LogP contribution in [0.15, 0.2) is 121 Å². The van der Waals surface area contributed by atoms with E-state index in [-0.39, 0.29) is 0 Å². The standard InChI is InChI=1S/C38H46O3P/c1-31(2)25-37(27-33-17-9-5-10-18-33,28-34-19-11-6-12-20-34)40-42(39)41-38(26-32(3)4,29-35-21-13-7-14-22-35)30-36-23-15-8-16-24-36/h5-24,31-32H,25-30H2,1-4H3/q+1. The summed E-state index contributed by atoms with van der Waals surface area (Å²) in [6.07, 6.45) is 4.13. The van der Waals surface area contributed by atoms with Gasteiger partial charge < -0.3 is 0 Å². The van der Waals surface area contributed by atoms with Gasteiger partial charge in [-0.05, 0) is 46.9 Å². The highest BCUT2D eigenvalue weighted by molar-refractivity contribution is 7.33. The summed E-state index contributed by atoms with van der Waals surface area (Å²) in [5.41, 5.74) is 3.29. The number of hydrogen-bond donors (Lipinski definition) is 0. The van der Waals surface area contributed by atoms with Crippen LogP contribution in [0.5, 0.6) is 0 Å². The van der Waals surface area contributed by atoms with Gasteiger partial charge in [0.05, 0.1) is 0 Å². The van der Waals surface area contributed by atoms with Crippen molar-refractivity contribution in [3.8, 4) is 0 Å². The molecule has 0 aliphatic heterocycles. The Morgan fingerprint density at radius 2 is 0.714 bits per heavy atom. The normalized spacial score (nSPS) is 12.1. The summed E-state index contributed by atoms with van der Waals surface area (Å²) >= 11 is 0. The van der Waals surface area contributed by atoms with Gasteiger partial charge in [-0.1, -0.05) is 149 Å². The maximum atomic E-state index is 14.3. The number of rotatable bonds is 16. The lowest BCUT2D eigenvalue weighted by molar-refractivity contribution is -0.00695. The minimum Gasteiger partial charge on any atom is -0.112 e. The molecule has 3 nitrogen and oxygen atoms in total. The second-order valence-electron chi connectivity index (χ2n) is 12.6. The third kappa shape index (κ3) is 10.0. The summed E-state index contributed by atoms with van der Waals surface area (Å²) < 4.78 is 27.8. The monoisotopic (exact) mass is 581 g/mol. The highest BCUT2D eigenvalue weighted by Gasteiger charge is 2.48. The Labute approximate surface area is 254 Å². The van der Waals surface area contributed by atoms with Crippen LogP contribution in [0.1, 0.15) is 62.8 Å². The van der Waals surface area contributed by atoms with Crippen molar-refractivity contribution in [3.05, 3.63) is 144 Å². The second kappa shape index (κ2) is 15.4. The van der Waals surface area contributed by atoms with Gasteiger partial charge in [0.2, 0.25) is 0 Å². The molecule has 0 aliphatic carbocycles. The van der Waals surface area contributed by atoms with E-state index in [0.29, 0.717) is 37.5 Å². The van der Waals surface area contributed by atoms with Gasteiger partial charge in [0.15, 0.2) is 0 Å². The van der Waals surface area contributed by atoms with E-state index < -0.39 is 19.5 Å². The van der Waals surface area contributed by atoms with Crippen LogP contribution in [0.25, 0.3) is 0 Å². The zero-order valence-corrected chi connectivity index (χ0v) is 26.5. The smallest absolute Gasteiger partial charge is 0.112 e. The van der Waals surface area contributed by atoms with Crippen LogP contribution in [0, 0.1) is 11.8 Å². The van der Waals surface area contributed by atoms with Crippen molar-refractivity contribution in [2.75, 3.05) is 0 Å². The fourth-order valence-corrected chi connectivity index (χ4v) is 7.39. The maximum Gasteiger partial charge on any atom is 0.698 e. The Morgan fingerprint density at radius 3 is 0.929 bits per heavy atom. The van der Waals surface area contributed by atoms with Gasteiger partial charge in [0.1, 0.15) is 11.2 Å². The molecule has 0 fully saturated rings. The molecule has 0 bridgehead atoms. The third-order valence-electron chi connectivity index (χ3n) is 7.57. The van der Waals surface area contributed by atoms with Crippen molar-refractivity contribution < 1.29 is 13.6 Å². The Balaban J connectivity index is 1.71. The summed E-state index contributed by atoms with van der Waals surface area (Å²) in [6.45, 7) is 8.82. The van der Waals surface area contributed by atoms with Gasteiger partial charge in [-0.15, -0.1) is 9.05 Å². The second-order valence-corrected chi connectivity index (χ2v) is 13.4. The molecule has 0 unspecified atom stereocenters. The first-order valence-corrected chi connectivity index (χ1v) is 16.4. The lowest BCUT2D eigenvalue weighted by atomic mass is 9.82. The van der Waals surface area contributed by atoms with Crippen molar-refractivity contribution in [2.45, 2.75) is 77.4 Å². The predicted octanol–water partition coefficient (Wildman–Crippen LogP) is 10.2. The topological polar surface area (TPSA) is 35.5 Å². The highest BCUT2D eigenvalue weighted by Crippen LogP contribution is 2.45. The van der Waals surface area contributed by atoms with Gasteiger partial charge in [-0.2, -0.15) is 0 Å². The van der Waals surface area contributed by atoms with E-state index >= 15 is 0 Å². The summed E-state index contributed by atoms with van der Waals surface area (Å²) in [4.78, 5) is 0. The predicted molar refractivity (Wildman–Crippen MR) is 175 cm³/mol. The van der Waals surface area contributed by atoms with E-state index in [2.05, 4.69) is 125 Å². The minimum absolute atomic E-state index is 0.342. The highest BCUT2D eigenvalue weighted by atomic mass is 31.1. The Morgan fingerprint density at radius 1 is 0.476 bits per heavy atom. The fourth-order valence-electron chi connectivity index (χ4n) is 6.31. The first-order valence-electron chi connectivity index (χ1n) is 15.3.